The summed E-state index contributed by atoms with van der Waals surface area (Å²) in [6.07, 6.45) is -1.09. The minimum absolute atomic E-state index is 0.102. The summed E-state index contributed by atoms with van der Waals surface area (Å²) in [6.45, 7) is 1.37. The standard InChI is InChI=1S/C16H13ClF2N2O3/c1-9(24-14-5-3-2-4-12(14)18)15(22)20-21-16(23)11-7-6-10(17)8-13(11)19/h2-9H,1H3,(H,20,22)(H,21,23). The van der Waals surface area contributed by atoms with Crippen LogP contribution in [0.15, 0.2) is 42.5 Å². The molecule has 0 spiro atoms. The third kappa shape index (κ3) is 4.42. The second kappa shape index (κ2) is 7.74. The molecule has 5 nitrogen and oxygen atoms in total. The molecular formula is C16H13ClF2N2O3. The molecule has 0 aliphatic rings. The van der Waals surface area contributed by atoms with Crippen LogP contribution in [0.4, 0.5) is 8.78 Å². The van der Waals surface area contributed by atoms with Crippen LogP contribution < -0.4 is 15.6 Å². The van der Waals surface area contributed by atoms with E-state index in [1.807, 2.05) is 5.43 Å². The van der Waals surface area contributed by atoms with E-state index in [1.54, 1.807) is 6.07 Å². The lowest BCUT2D eigenvalue weighted by Gasteiger charge is -2.15. The summed E-state index contributed by atoms with van der Waals surface area (Å²) in [4.78, 5) is 23.7. The normalized spacial score (nSPS) is 11.5. The Balaban J connectivity index is 1.92. The molecule has 0 radical (unpaired) electrons. The van der Waals surface area contributed by atoms with Crippen LogP contribution in [0.5, 0.6) is 5.75 Å². The summed E-state index contributed by atoms with van der Waals surface area (Å²) in [5.74, 6) is -3.15. The fraction of sp³-hybridized carbons (Fsp3) is 0.125. The summed E-state index contributed by atoms with van der Waals surface area (Å²) in [7, 11) is 0. The van der Waals surface area contributed by atoms with Gasteiger partial charge in [0.15, 0.2) is 17.7 Å². The maximum Gasteiger partial charge on any atom is 0.279 e. The summed E-state index contributed by atoms with van der Waals surface area (Å²) in [5.41, 5.74) is 3.83. The zero-order valence-corrected chi connectivity index (χ0v) is 13.2. The molecule has 0 aliphatic heterocycles. The number of rotatable bonds is 4. The highest BCUT2D eigenvalue weighted by molar-refractivity contribution is 6.30. The molecule has 2 N–H and O–H groups in total. The lowest BCUT2D eigenvalue weighted by Crippen LogP contribution is -2.47. The molecule has 0 saturated heterocycles. The van der Waals surface area contributed by atoms with Gasteiger partial charge in [-0.1, -0.05) is 23.7 Å². The van der Waals surface area contributed by atoms with Gasteiger partial charge in [-0.15, -0.1) is 0 Å². The monoisotopic (exact) mass is 354 g/mol. The Labute approximate surface area is 141 Å². The highest BCUT2D eigenvalue weighted by atomic mass is 35.5. The van der Waals surface area contributed by atoms with E-state index >= 15 is 0 Å². The van der Waals surface area contributed by atoms with E-state index in [0.29, 0.717) is 0 Å². The minimum Gasteiger partial charge on any atom is -0.478 e. The Morgan fingerprint density at radius 1 is 1.08 bits per heavy atom. The van der Waals surface area contributed by atoms with Crippen molar-refractivity contribution in [1.82, 2.24) is 10.9 Å². The molecule has 0 aliphatic carbocycles. The number of hydrogen-bond acceptors (Lipinski definition) is 3. The van der Waals surface area contributed by atoms with Crippen LogP contribution in [0.25, 0.3) is 0 Å². The van der Waals surface area contributed by atoms with E-state index in [4.69, 9.17) is 16.3 Å². The molecule has 126 valence electrons. The van der Waals surface area contributed by atoms with Gasteiger partial charge >= 0.3 is 0 Å². The van der Waals surface area contributed by atoms with Crippen molar-refractivity contribution < 1.29 is 23.1 Å². The number of para-hydroxylation sites is 1. The van der Waals surface area contributed by atoms with E-state index < -0.39 is 29.6 Å². The summed E-state index contributed by atoms with van der Waals surface area (Å²) < 4.78 is 32.2. The largest absolute Gasteiger partial charge is 0.478 e. The van der Waals surface area contributed by atoms with Gasteiger partial charge in [0.2, 0.25) is 0 Å². The molecule has 0 heterocycles. The molecule has 2 aromatic carbocycles. The first kappa shape index (κ1) is 17.7. The van der Waals surface area contributed by atoms with Crippen LogP contribution in [0.3, 0.4) is 0 Å². The van der Waals surface area contributed by atoms with Crippen LogP contribution in [-0.2, 0) is 4.79 Å². The van der Waals surface area contributed by atoms with E-state index in [0.717, 1.165) is 6.07 Å². The molecule has 1 atom stereocenters. The molecule has 2 rings (SSSR count). The second-order valence-electron chi connectivity index (χ2n) is 4.76. The van der Waals surface area contributed by atoms with Crippen LogP contribution in [0.1, 0.15) is 17.3 Å². The fourth-order valence-corrected chi connectivity index (χ4v) is 1.90. The molecule has 0 aromatic heterocycles. The van der Waals surface area contributed by atoms with Crippen LogP contribution in [0.2, 0.25) is 5.02 Å². The van der Waals surface area contributed by atoms with Gasteiger partial charge in [0, 0.05) is 5.02 Å². The van der Waals surface area contributed by atoms with Gasteiger partial charge in [-0.25, -0.2) is 8.78 Å². The van der Waals surface area contributed by atoms with Gasteiger partial charge in [-0.05, 0) is 37.3 Å². The maximum atomic E-state index is 13.6. The third-order valence-corrected chi connectivity index (χ3v) is 3.22. The van der Waals surface area contributed by atoms with E-state index in [-0.39, 0.29) is 16.3 Å². The van der Waals surface area contributed by atoms with Crippen molar-refractivity contribution in [2.24, 2.45) is 0 Å². The molecule has 2 amide bonds. The number of hydrazine groups is 1. The Hall–Kier alpha value is -2.67. The smallest absolute Gasteiger partial charge is 0.279 e. The average molecular weight is 355 g/mol. The SMILES string of the molecule is CC(Oc1ccccc1F)C(=O)NNC(=O)c1ccc(Cl)cc1F. The number of carbonyl (C=O) groups is 2. The molecule has 0 bridgehead atoms. The van der Waals surface area contributed by atoms with Crippen molar-refractivity contribution in [2.75, 3.05) is 0 Å². The van der Waals surface area contributed by atoms with E-state index in [2.05, 4.69) is 5.43 Å². The van der Waals surface area contributed by atoms with Gasteiger partial charge < -0.3 is 4.74 Å². The average Bonchev–Trinajstić information content (AvgIpc) is 2.54. The topological polar surface area (TPSA) is 67.4 Å². The van der Waals surface area contributed by atoms with Gasteiger partial charge in [-0.2, -0.15) is 0 Å². The summed E-state index contributed by atoms with van der Waals surface area (Å²) in [6, 6.07) is 9.07. The lowest BCUT2D eigenvalue weighted by molar-refractivity contribution is -0.128. The number of hydrogen-bond donors (Lipinski definition) is 2. The first-order valence-corrected chi connectivity index (χ1v) is 7.22. The van der Waals surface area contributed by atoms with Crippen molar-refractivity contribution in [2.45, 2.75) is 13.0 Å². The quantitative estimate of drug-likeness (QED) is 0.830. The highest BCUT2D eigenvalue weighted by Crippen LogP contribution is 2.17. The number of carbonyl (C=O) groups excluding carboxylic acids is 2. The van der Waals surface area contributed by atoms with Crippen molar-refractivity contribution >= 4 is 23.4 Å². The maximum absolute atomic E-state index is 13.6. The van der Waals surface area contributed by atoms with Crippen molar-refractivity contribution in [3.05, 3.63) is 64.7 Å². The summed E-state index contributed by atoms with van der Waals surface area (Å²) in [5, 5.41) is 0.139. The Bertz CT molecular complexity index is 771. The van der Waals surface area contributed by atoms with Crippen LogP contribution >= 0.6 is 11.6 Å². The van der Waals surface area contributed by atoms with E-state index in [9.17, 15) is 18.4 Å². The Morgan fingerprint density at radius 2 is 1.79 bits per heavy atom. The third-order valence-electron chi connectivity index (χ3n) is 2.98. The molecule has 8 heteroatoms. The minimum atomic E-state index is -1.09. The van der Waals surface area contributed by atoms with Crippen molar-refractivity contribution in [1.29, 1.82) is 0 Å². The molecule has 1 unspecified atom stereocenters. The molecular weight excluding hydrogens is 342 g/mol. The molecule has 2 aromatic rings. The molecule has 0 fully saturated rings. The zero-order chi connectivity index (χ0) is 17.7. The van der Waals surface area contributed by atoms with Gasteiger partial charge in [0.05, 0.1) is 5.56 Å². The predicted octanol–water partition coefficient (Wildman–Crippen LogP) is 2.85. The van der Waals surface area contributed by atoms with Gasteiger partial charge in [0.1, 0.15) is 5.82 Å². The van der Waals surface area contributed by atoms with Crippen molar-refractivity contribution in [3.8, 4) is 5.75 Å². The van der Waals surface area contributed by atoms with Gasteiger partial charge in [0.25, 0.3) is 11.8 Å². The number of halogens is 3. The van der Waals surface area contributed by atoms with E-state index in [1.165, 1.54) is 37.3 Å². The zero-order valence-electron chi connectivity index (χ0n) is 12.5. The number of amides is 2. The Kier molecular flexibility index (Phi) is 5.70. The first-order valence-electron chi connectivity index (χ1n) is 6.85. The summed E-state index contributed by atoms with van der Waals surface area (Å²) >= 11 is 5.59. The predicted molar refractivity (Wildman–Crippen MR) is 83.5 cm³/mol. The highest BCUT2D eigenvalue weighted by Gasteiger charge is 2.18. The Morgan fingerprint density at radius 3 is 2.46 bits per heavy atom. The van der Waals surface area contributed by atoms with Crippen LogP contribution in [-0.4, -0.2) is 17.9 Å². The molecule has 24 heavy (non-hydrogen) atoms. The first-order chi connectivity index (χ1) is 11.4. The molecule has 0 saturated carbocycles. The van der Waals surface area contributed by atoms with Crippen molar-refractivity contribution in [3.63, 3.8) is 0 Å². The van der Waals surface area contributed by atoms with Gasteiger partial charge in [-0.3, -0.25) is 20.4 Å². The second-order valence-corrected chi connectivity index (χ2v) is 5.19. The fourth-order valence-electron chi connectivity index (χ4n) is 1.75. The number of nitrogens with one attached hydrogen (secondary N) is 2. The number of ether oxygens (including phenoxy) is 1. The number of benzene rings is 2. The lowest BCUT2D eigenvalue weighted by atomic mass is 10.2. The van der Waals surface area contributed by atoms with Crippen LogP contribution in [0, 0.1) is 11.6 Å².